The maximum absolute atomic E-state index is 5.34. The zero-order valence-electron chi connectivity index (χ0n) is 8.19. The molecule has 1 unspecified atom stereocenters. The monoisotopic (exact) mass is 185 g/mol. The first kappa shape index (κ1) is 9.91. The molecule has 0 aliphatic carbocycles. The van der Waals surface area contributed by atoms with E-state index in [-0.39, 0.29) is 6.10 Å². The van der Waals surface area contributed by atoms with Crippen molar-refractivity contribution in [2.24, 2.45) is 7.05 Å². The van der Waals surface area contributed by atoms with E-state index in [1.807, 2.05) is 13.8 Å². The molecule has 1 heterocycles. The van der Waals surface area contributed by atoms with Crippen LogP contribution in [-0.4, -0.2) is 39.5 Å². The number of hydrogen-bond donors (Lipinski definition) is 1. The van der Waals surface area contributed by atoms with E-state index in [0.717, 1.165) is 6.61 Å². The number of rotatable bonds is 5. The number of hydrogen-bond acceptors (Lipinski definition) is 5. The van der Waals surface area contributed by atoms with Crippen molar-refractivity contribution in [1.82, 2.24) is 20.2 Å². The van der Waals surface area contributed by atoms with Crippen molar-refractivity contribution >= 4 is 5.95 Å². The van der Waals surface area contributed by atoms with Gasteiger partial charge in [0.05, 0.1) is 6.10 Å². The second-order valence-corrected chi connectivity index (χ2v) is 2.77. The number of ether oxygens (including phenoxy) is 1. The Hall–Kier alpha value is -1.17. The van der Waals surface area contributed by atoms with Gasteiger partial charge in [0.2, 0.25) is 5.95 Å². The van der Waals surface area contributed by atoms with Crippen LogP contribution < -0.4 is 5.32 Å². The highest BCUT2D eigenvalue weighted by Gasteiger charge is 2.04. The van der Waals surface area contributed by atoms with E-state index in [4.69, 9.17) is 4.74 Å². The SMILES string of the molecule is CCOC(C)CNc1nnnn1C. The lowest BCUT2D eigenvalue weighted by Crippen LogP contribution is -2.21. The summed E-state index contributed by atoms with van der Waals surface area (Å²) in [7, 11) is 1.79. The summed E-state index contributed by atoms with van der Waals surface area (Å²) < 4.78 is 6.92. The Morgan fingerprint density at radius 1 is 1.62 bits per heavy atom. The largest absolute Gasteiger partial charge is 0.377 e. The Labute approximate surface area is 77.3 Å². The van der Waals surface area contributed by atoms with E-state index >= 15 is 0 Å². The van der Waals surface area contributed by atoms with Gasteiger partial charge in [-0.2, -0.15) is 0 Å². The standard InChI is InChI=1S/C7H15N5O/c1-4-13-6(2)5-8-7-9-10-11-12(7)3/h6H,4-5H2,1-3H3,(H,8,9,11). The third-order valence-electron chi connectivity index (χ3n) is 1.62. The van der Waals surface area contributed by atoms with Gasteiger partial charge in [-0.25, -0.2) is 4.68 Å². The van der Waals surface area contributed by atoms with Crippen LogP contribution in [-0.2, 0) is 11.8 Å². The topological polar surface area (TPSA) is 64.9 Å². The van der Waals surface area contributed by atoms with Gasteiger partial charge in [0, 0.05) is 20.2 Å². The number of nitrogens with one attached hydrogen (secondary N) is 1. The molecular weight excluding hydrogens is 170 g/mol. The number of aryl methyl sites for hydroxylation is 1. The molecule has 0 aromatic carbocycles. The van der Waals surface area contributed by atoms with Gasteiger partial charge in [-0.1, -0.05) is 5.10 Å². The summed E-state index contributed by atoms with van der Waals surface area (Å²) in [5.41, 5.74) is 0. The summed E-state index contributed by atoms with van der Waals surface area (Å²) in [6.07, 6.45) is 0.168. The minimum atomic E-state index is 0.168. The highest BCUT2D eigenvalue weighted by molar-refractivity contribution is 5.20. The maximum Gasteiger partial charge on any atom is 0.242 e. The van der Waals surface area contributed by atoms with Crippen molar-refractivity contribution in [3.8, 4) is 0 Å². The fraction of sp³-hybridized carbons (Fsp3) is 0.857. The minimum Gasteiger partial charge on any atom is -0.377 e. The van der Waals surface area contributed by atoms with Crippen LogP contribution in [0, 0.1) is 0 Å². The van der Waals surface area contributed by atoms with Crippen LogP contribution in [0.15, 0.2) is 0 Å². The van der Waals surface area contributed by atoms with E-state index in [9.17, 15) is 0 Å². The fourth-order valence-electron chi connectivity index (χ4n) is 0.958. The molecule has 0 radical (unpaired) electrons. The molecular formula is C7H15N5O. The molecule has 1 aromatic heterocycles. The molecule has 6 heteroatoms. The van der Waals surface area contributed by atoms with Crippen molar-refractivity contribution in [2.45, 2.75) is 20.0 Å². The molecule has 0 saturated carbocycles. The summed E-state index contributed by atoms with van der Waals surface area (Å²) >= 11 is 0. The van der Waals surface area contributed by atoms with E-state index < -0.39 is 0 Å². The zero-order chi connectivity index (χ0) is 9.68. The van der Waals surface area contributed by atoms with E-state index in [1.165, 1.54) is 0 Å². The number of nitrogens with zero attached hydrogens (tertiary/aromatic N) is 4. The molecule has 74 valence electrons. The van der Waals surface area contributed by atoms with Crippen LogP contribution in [0.2, 0.25) is 0 Å². The predicted molar refractivity (Wildman–Crippen MR) is 48.4 cm³/mol. The minimum absolute atomic E-state index is 0.168. The third-order valence-corrected chi connectivity index (χ3v) is 1.62. The van der Waals surface area contributed by atoms with Crippen molar-refractivity contribution in [3.63, 3.8) is 0 Å². The maximum atomic E-state index is 5.34. The molecule has 1 N–H and O–H groups in total. The van der Waals surface area contributed by atoms with Gasteiger partial charge in [-0.15, -0.1) is 0 Å². The molecule has 0 spiro atoms. The lowest BCUT2D eigenvalue weighted by molar-refractivity contribution is 0.0853. The van der Waals surface area contributed by atoms with Crippen molar-refractivity contribution in [3.05, 3.63) is 0 Å². The molecule has 0 saturated heterocycles. The van der Waals surface area contributed by atoms with E-state index in [2.05, 4.69) is 20.8 Å². The zero-order valence-corrected chi connectivity index (χ0v) is 8.19. The van der Waals surface area contributed by atoms with Gasteiger partial charge in [-0.05, 0) is 24.3 Å². The van der Waals surface area contributed by atoms with Gasteiger partial charge in [0.1, 0.15) is 0 Å². The van der Waals surface area contributed by atoms with E-state index in [0.29, 0.717) is 12.5 Å². The highest BCUT2D eigenvalue weighted by atomic mass is 16.5. The summed E-state index contributed by atoms with van der Waals surface area (Å²) in [5.74, 6) is 0.659. The Balaban J connectivity index is 2.30. The van der Waals surface area contributed by atoms with E-state index in [1.54, 1.807) is 11.7 Å². The summed E-state index contributed by atoms with van der Waals surface area (Å²) in [5, 5.41) is 14.1. The van der Waals surface area contributed by atoms with Crippen LogP contribution in [0.3, 0.4) is 0 Å². The lowest BCUT2D eigenvalue weighted by atomic mass is 10.4. The Bertz CT molecular complexity index is 249. The summed E-state index contributed by atoms with van der Waals surface area (Å²) in [6, 6.07) is 0. The third kappa shape index (κ3) is 2.98. The van der Waals surface area contributed by atoms with Crippen LogP contribution >= 0.6 is 0 Å². The second-order valence-electron chi connectivity index (χ2n) is 2.77. The highest BCUT2D eigenvalue weighted by Crippen LogP contribution is 1.97. The predicted octanol–water partition coefficient (Wildman–Crippen LogP) is 0.0470. The van der Waals surface area contributed by atoms with Crippen molar-refractivity contribution in [1.29, 1.82) is 0 Å². The van der Waals surface area contributed by atoms with Gasteiger partial charge in [-0.3, -0.25) is 0 Å². The smallest absolute Gasteiger partial charge is 0.242 e. The Morgan fingerprint density at radius 3 is 2.92 bits per heavy atom. The second kappa shape index (κ2) is 4.76. The molecule has 0 aliphatic heterocycles. The van der Waals surface area contributed by atoms with Crippen LogP contribution in [0.5, 0.6) is 0 Å². The van der Waals surface area contributed by atoms with Crippen LogP contribution in [0.25, 0.3) is 0 Å². The normalized spacial score (nSPS) is 12.8. The number of aromatic nitrogens is 4. The quantitative estimate of drug-likeness (QED) is 0.702. The van der Waals surface area contributed by atoms with Crippen molar-refractivity contribution in [2.75, 3.05) is 18.5 Å². The molecule has 1 rings (SSSR count). The number of anilines is 1. The first-order valence-corrected chi connectivity index (χ1v) is 4.32. The van der Waals surface area contributed by atoms with Gasteiger partial charge in [0.15, 0.2) is 0 Å². The average Bonchev–Trinajstić information content (AvgIpc) is 2.48. The summed E-state index contributed by atoms with van der Waals surface area (Å²) in [6.45, 7) is 5.41. The van der Waals surface area contributed by atoms with Gasteiger partial charge in [0.25, 0.3) is 0 Å². The molecule has 1 aromatic rings. The Kier molecular flexibility index (Phi) is 3.63. The fourth-order valence-corrected chi connectivity index (χ4v) is 0.958. The first-order chi connectivity index (χ1) is 6.24. The van der Waals surface area contributed by atoms with Crippen molar-refractivity contribution < 1.29 is 4.74 Å². The van der Waals surface area contributed by atoms with Gasteiger partial charge < -0.3 is 10.1 Å². The molecule has 0 bridgehead atoms. The first-order valence-electron chi connectivity index (χ1n) is 4.32. The Morgan fingerprint density at radius 2 is 2.38 bits per heavy atom. The lowest BCUT2D eigenvalue weighted by Gasteiger charge is -2.11. The van der Waals surface area contributed by atoms with Crippen LogP contribution in [0.4, 0.5) is 5.95 Å². The molecule has 0 fully saturated rings. The number of tetrazole rings is 1. The molecule has 0 amide bonds. The molecule has 13 heavy (non-hydrogen) atoms. The van der Waals surface area contributed by atoms with Gasteiger partial charge >= 0.3 is 0 Å². The average molecular weight is 185 g/mol. The van der Waals surface area contributed by atoms with Crippen LogP contribution in [0.1, 0.15) is 13.8 Å². The summed E-state index contributed by atoms with van der Waals surface area (Å²) in [4.78, 5) is 0. The molecule has 1 atom stereocenters. The molecule has 6 nitrogen and oxygen atoms in total. The molecule has 0 aliphatic rings.